The van der Waals surface area contributed by atoms with Crippen LogP contribution in [0.5, 0.6) is 28.7 Å². The number of aliphatic hydroxyl groups is 2. The highest BCUT2D eigenvalue weighted by Gasteiger charge is 2.25. The number of benzene rings is 6. The van der Waals surface area contributed by atoms with Crippen molar-refractivity contribution in [1.29, 1.82) is 0 Å². The van der Waals surface area contributed by atoms with Crippen molar-refractivity contribution in [1.82, 2.24) is 0 Å². The number of hydrogen-bond acceptors (Lipinski definition) is 29. The van der Waals surface area contributed by atoms with Crippen LogP contribution in [0.25, 0.3) is 0 Å². The Labute approximate surface area is 684 Å². The number of rotatable bonds is 82. The van der Waals surface area contributed by atoms with E-state index < -0.39 is 30.5 Å². The minimum absolute atomic E-state index is 0.0104. The summed E-state index contributed by atoms with van der Waals surface area (Å²) in [6.45, 7) is 14.2. The summed E-state index contributed by atoms with van der Waals surface area (Å²) in [6.07, 6.45) is -3.21. The molecule has 644 valence electrons. The van der Waals surface area contributed by atoms with Gasteiger partial charge in [0.25, 0.3) is 0 Å². The van der Waals surface area contributed by atoms with Crippen LogP contribution in [0, 0.1) is 0 Å². The molecule has 0 fully saturated rings. The van der Waals surface area contributed by atoms with E-state index in [1.54, 1.807) is 11.8 Å². The minimum Gasteiger partial charge on any atom is -0.491 e. The lowest BCUT2D eigenvalue weighted by Crippen LogP contribution is -2.39. The summed E-state index contributed by atoms with van der Waals surface area (Å²) in [4.78, 5) is 1.12. The predicted molar refractivity (Wildman–Crippen MR) is 432 cm³/mol. The molecule has 6 atom stereocenters. The standard InChI is InChI=1S/C86H126O28S/c87-31-33-89-35-36-90-37-38-91-39-40-92-41-42-93-43-44-94-45-46-95-47-48-96-49-50-97-51-52-98-53-54-99-55-56-100-57-58-101-59-60-102-61-62-104-80(63-103-34-32-88)64-110-81(65-105-75-19-7-1-8-20-75)69-111-82(66-106-76-21-9-2-10-22-76)70-112-83(67-107-77-23-11-3-12-24-77)71-113-84(68-108-78-25-13-4-14-26-78)72-114-85(73-109-79-27-15-5-16-28-79)74-115-86-29-17-6-18-30-86/h1-30,80-85,87-88H,31-74H2. The third kappa shape index (κ3) is 55.2. The fourth-order valence-electron chi connectivity index (χ4n) is 9.90. The van der Waals surface area contributed by atoms with Gasteiger partial charge in [-0.05, 0) is 72.8 Å². The maximum atomic E-state index is 9.60. The van der Waals surface area contributed by atoms with Gasteiger partial charge < -0.3 is 133 Å². The minimum atomic E-state index is -0.625. The monoisotopic (exact) mass is 1640 g/mol. The van der Waals surface area contributed by atoms with Crippen molar-refractivity contribution in [3.05, 3.63) is 182 Å². The molecule has 6 aromatic rings. The molecule has 0 spiro atoms. The molecule has 6 unspecified atom stereocenters. The van der Waals surface area contributed by atoms with Crippen molar-refractivity contribution >= 4 is 11.8 Å². The van der Waals surface area contributed by atoms with Crippen molar-refractivity contribution < 1.29 is 133 Å². The molecule has 28 nitrogen and oxygen atoms in total. The van der Waals surface area contributed by atoms with Crippen LogP contribution in [-0.4, -0.2) is 337 Å². The average Bonchev–Trinajstić information content (AvgIpc) is 0.881. The van der Waals surface area contributed by atoms with Crippen LogP contribution in [0.1, 0.15) is 0 Å². The summed E-state index contributed by atoms with van der Waals surface area (Å²) < 4.78 is 155. The molecule has 29 heteroatoms. The molecule has 0 aliphatic heterocycles. The van der Waals surface area contributed by atoms with Crippen LogP contribution < -0.4 is 23.7 Å². The highest BCUT2D eigenvalue weighted by Crippen LogP contribution is 2.22. The van der Waals surface area contributed by atoms with Gasteiger partial charge in [-0.1, -0.05) is 109 Å². The van der Waals surface area contributed by atoms with Gasteiger partial charge in [-0.15, -0.1) is 11.8 Å². The van der Waals surface area contributed by atoms with Crippen molar-refractivity contribution in [3.8, 4) is 28.7 Å². The third-order valence-corrected chi connectivity index (χ3v) is 17.0. The molecule has 0 bridgehead atoms. The zero-order valence-corrected chi connectivity index (χ0v) is 67.6. The second-order valence-corrected chi connectivity index (χ2v) is 26.2. The molecule has 0 aromatic heterocycles. The second kappa shape index (κ2) is 71.8. The Morgan fingerprint density at radius 3 is 0.617 bits per heavy atom. The Morgan fingerprint density at radius 2 is 0.374 bits per heavy atom. The smallest absolute Gasteiger partial charge is 0.119 e. The highest BCUT2D eigenvalue weighted by atomic mass is 32.2. The van der Waals surface area contributed by atoms with E-state index >= 15 is 0 Å². The zero-order valence-electron chi connectivity index (χ0n) is 66.8. The van der Waals surface area contributed by atoms with Crippen LogP contribution >= 0.6 is 11.8 Å². The van der Waals surface area contributed by atoms with E-state index in [-0.39, 0.29) is 98.6 Å². The first-order chi connectivity index (χ1) is 57.1. The zero-order chi connectivity index (χ0) is 80.3. The largest absolute Gasteiger partial charge is 0.491 e. The molecule has 6 aromatic carbocycles. The van der Waals surface area contributed by atoms with E-state index in [0.29, 0.717) is 220 Å². The van der Waals surface area contributed by atoms with E-state index in [9.17, 15) is 5.11 Å². The van der Waals surface area contributed by atoms with Gasteiger partial charge in [0.05, 0.1) is 251 Å². The Morgan fingerprint density at radius 1 is 0.183 bits per heavy atom. The van der Waals surface area contributed by atoms with Gasteiger partial charge in [0.1, 0.15) is 98.4 Å². The molecule has 0 radical (unpaired) electrons. The molecule has 0 aliphatic rings. The van der Waals surface area contributed by atoms with Crippen molar-refractivity contribution in [2.75, 3.05) is 290 Å². The fraction of sp³-hybridized carbons (Fsp3) is 0.581. The molecule has 0 heterocycles. The molecular formula is C86H126O28S. The number of ether oxygens (including phenoxy) is 26. The van der Waals surface area contributed by atoms with Gasteiger partial charge in [-0.25, -0.2) is 0 Å². The molecular weight excluding hydrogens is 1510 g/mol. The van der Waals surface area contributed by atoms with Crippen molar-refractivity contribution in [2.24, 2.45) is 0 Å². The summed E-state index contributed by atoms with van der Waals surface area (Å²) in [6, 6.07) is 58.1. The van der Waals surface area contributed by atoms with Gasteiger partial charge in [0.2, 0.25) is 0 Å². The SMILES string of the molecule is OCCOCCOCCOCCOCCOCCOCCOCCOCCOCCOCCOCCOCCOCCOCCOC(COCCO)COC(COc1ccccc1)COC(COc1ccccc1)COC(COc1ccccc1)COC(COc1ccccc1)COC(COc1ccccc1)CSc1ccccc1. The Balaban J connectivity index is 0.838. The maximum Gasteiger partial charge on any atom is 0.119 e. The van der Waals surface area contributed by atoms with E-state index in [4.69, 9.17) is 128 Å². The Bertz CT molecular complexity index is 2970. The van der Waals surface area contributed by atoms with E-state index in [0.717, 1.165) is 10.6 Å². The summed E-state index contributed by atoms with van der Waals surface area (Å²) in [5, 5.41) is 18.3. The number of thioether (sulfide) groups is 1. The summed E-state index contributed by atoms with van der Waals surface area (Å²) in [5.74, 6) is 4.08. The first kappa shape index (κ1) is 97.6. The lowest BCUT2D eigenvalue weighted by Gasteiger charge is -2.28. The number of aliphatic hydroxyl groups excluding tert-OH is 2. The van der Waals surface area contributed by atoms with Crippen LogP contribution in [-0.2, 0) is 99.5 Å². The van der Waals surface area contributed by atoms with Crippen LogP contribution in [0.3, 0.4) is 0 Å². The summed E-state index contributed by atoms with van der Waals surface area (Å²) in [5.41, 5.74) is 0. The van der Waals surface area contributed by atoms with Crippen molar-refractivity contribution in [2.45, 2.75) is 41.5 Å². The van der Waals surface area contributed by atoms with E-state index in [1.165, 1.54) is 0 Å². The maximum absolute atomic E-state index is 9.60. The summed E-state index contributed by atoms with van der Waals surface area (Å²) in [7, 11) is 0. The van der Waals surface area contributed by atoms with Gasteiger partial charge in [-0.2, -0.15) is 0 Å². The first-order valence-corrected chi connectivity index (χ1v) is 40.7. The number of hydrogen-bond donors (Lipinski definition) is 2. The van der Waals surface area contributed by atoms with Crippen LogP contribution in [0.15, 0.2) is 187 Å². The first-order valence-electron chi connectivity index (χ1n) is 39.8. The van der Waals surface area contributed by atoms with E-state index in [2.05, 4.69) is 12.1 Å². The van der Waals surface area contributed by atoms with Gasteiger partial charge in [-0.3, -0.25) is 0 Å². The molecule has 0 saturated carbocycles. The normalized spacial score (nSPS) is 13.1. The quantitative estimate of drug-likeness (QED) is 0.0267. The summed E-state index contributed by atoms with van der Waals surface area (Å²) >= 11 is 1.70. The Hall–Kier alpha value is -6.25. The van der Waals surface area contributed by atoms with Gasteiger partial charge >= 0.3 is 0 Å². The lowest BCUT2D eigenvalue weighted by molar-refractivity contribution is -0.137. The molecule has 0 saturated heterocycles. The fourth-order valence-corrected chi connectivity index (χ4v) is 10.8. The van der Waals surface area contributed by atoms with Crippen LogP contribution in [0.4, 0.5) is 0 Å². The molecule has 115 heavy (non-hydrogen) atoms. The molecule has 0 amide bonds. The Kier molecular flexibility index (Phi) is 60.9. The predicted octanol–water partition coefficient (Wildman–Crippen LogP) is 8.72. The number of para-hydroxylation sites is 5. The van der Waals surface area contributed by atoms with Gasteiger partial charge in [0, 0.05) is 10.6 Å². The molecule has 0 aliphatic carbocycles. The lowest BCUT2D eigenvalue weighted by atomic mass is 10.3. The molecule has 6 rings (SSSR count). The third-order valence-electron chi connectivity index (χ3n) is 15.9. The van der Waals surface area contributed by atoms with E-state index in [1.807, 2.05) is 170 Å². The average molecular weight is 1640 g/mol. The molecule has 2 N–H and O–H groups in total. The van der Waals surface area contributed by atoms with Crippen molar-refractivity contribution in [3.63, 3.8) is 0 Å². The second-order valence-electron chi connectivity index (χ2n) is 25.1. The highest BCUT2D eigenvalue weighted by molar-refractivity contribution is 7.99. The topological polar surface area (TPSA) is 280 Å². The van der Waals surface area contributed by atoms with Crippen LogP contribution in [0.2, 0.25) is 0 Å². The van der Waals surface area contributed by atoms with Gasteiger partial charge in [0.15, 0.2) is 0 Å².